The molecular weight excluding hydrogens is 372 g/mol. The Morgan fingerprint density at radius 3 is 2.61 bits per heavy atom. The van der Waals surface area contributed by atoms with Crippen LogP contribution in [0.2, 0.25) is 0 Å². The second-order valence-electron chi connectivity index (χ2n) is 7.09. The molecule has 0 aliphatic carbocycles. The van der Waals surface area contributed by atoms with Crippen molar-refractivity contribution < 1.29 is 14.6 Å². The van der Waals surface area contributed by atoms with Crippen LogP contribution in [0.4, 0.5) is 0 Å². The fourth-order valence-electron chi connectivity index (χ4n) is 3.83. The molecule has 1 atom stereocenters. The van der Waals surface area contributed by atoms with Gasteiger partial charge < -0.3 is 19.6 Å². The Kier molecular flexibility index (Phi) is 7.45. The fourth-order valence-corrected chi connectivity index (χ4v) is 4.99. The van der Waals surface area contributed by atoms with Crippen molar-refractivity contribution in [1.29, 1.82) is 0 Å². The summed E-state index contributed by atoms with van der Waals surface area (Å²) in [5.74, 6) is 1.21. The van der Waals surface area contributed by atoms with Crippen LogP contribution in [0.15, 0.2) is 53.4 Å². The molecule has 5 nitrogen and oxygen atoms in total. The number of benzene rings is 1. The molecule has 0 amide bonds. The quantitative estimate of drug-likeness (QED) is 0.717. The second kappa shape index (κ2) is 10.0. The van der Waals surface area contributed by atoms with E-state index in [1.54, 1.807) is 11.8 Å². The van der Waals surface area contributed by atoms with E-state index < -0.39 is 5.97 Å². The van der Waals surface area contributed by atoms with Gasteiger partial charge in [-0.25, -0.2) is 4.79 Å². The molecule has 1 saturated heterocycles. The molecule has 28 heavy (non-hydrogen) atoms. The van der Waals surface area contributed by atoms with Crippen LogP contribution in [0.3, 0.4) is 0 Å². The first kappa shape index (κ1) is 20.8. The Morgan fingerprint density at radius 1 is 1.25 bits per heavy atom. The third-order valence-electron chi connectivity index (χ3n) is 5.19. The predicted molar refractivity (Wildman–Crippen MR) is 114 cm³/mol. The minimum Gasteiger partial charge on any atom is -0.478 e. The third-order valence-corrected chi connectivity index (χ3v) is 6.33. The number of hydrogen-bond acceptors (Lipinski definition) is 5. The van der Waals surface area contributed by atoms with Crippen molar-refractivity contribution in [1.82, 2.24) is 9.80 Å². The minimum atomic E-state index is -0.811. The summed E-state index contributed by atoms with van der Waals surface area (Å²) in [6, 6.07) is 10.5. The Balaban J connectivity index is 1.84. The predicted octanol–water partition coefficient (Wildman–Crippen LogP) is 3.59. The molecule has 0 radical (unpaired) electrons. The van der Waals surface area contributed by atoms with E-state index in [1.165, 1.54) is 5.56 Å². The minimum absolute atomic E-state index is 0.152. The number of thioether (sulfide) groups is 1. The topological polar surface area (TPSA) is 53.0 Å². The van der Waals surface area contributed by atoms with Crippen LogP contribution in [-0.2, 0) is 16.0 Å². The van der Waals surface area contributed by atoms with Gasteiger partial charge in [-0.05, 0) is 42.7 Å². The van der Waals surface area contributed by atoms with E-state index in [9.17, 15) is 9.90 Å². The van der Waals surface area contributed by atoms with E-state index in [-0.39, 0.29) is 5.37 Å². The van der Waals surface area contributed by atoms with E-state index in [2.05, 4.69) is 47.1 Å². The maximum absolute atomic E-state index is 12.0. The van der Waals surface area contributed by atoms with Crippen LogP contribution in [-0.4, -0.2) is 64.9 Å². The third kappa shape index (κ3) is 4.92. The highest BCUT2D eigenvalue weighted by Gasteiger charge is 2.35. The molecule has 0 aromatic heterocycles. The summed E-state index contributed by atoms with van der Waals surface area (Å²) in [6.07, 6.45) is 4.03. The zero-order valence-electron chi connectivity index (χ0n) is 16.8. The van der Waals surface area contributed by atoms with E-state index >= 15 is 0 Å². The lowest BCUT2D eigenvalue weighted by atomic mass is 10.0. The molecule has 0 spiro atoms. The average molecular weight is 403 g/mol. The highest BCUT2D eigenvalue weighted by Crippen LogP contribution is 2.35. The number of hydrogen-bond donors (Lipinski definition) is 1. The second-order valence-corrected chi connectivity index (χ2v) is 8.45. The molecule has 152 valence electrons. The molecule has 6 heteroatoms. The average Bonchev–Trinajstić information content (AvgIpc) is 2.70. The first-order valence-electron chi connectivity index (χ1n) is 10.0. The van der Waals surface area contributed by atoms with Crippen molar-refractivity contribution >= 4 is 17.7 Å². The maximum Gasteiger partial charge on any atom is 0.334 e. The number of carboxylic acid groups (broad SMARTS) is 1. The molecule has 2 heterocycles. The van der Waals surface area contributed by atoms with E-state index in [1.807, 2.05) is 13.0 Å². The van der Waals surface area contributed by atoms with Crippen LogP contribution in [0.1, 0.15) is 25.8 Å². The van der Waals surface area contributed by atoms with Crippen LogP contribution < -0.4 is 0 Å². The highest BCUT2D eigenvalue weighted by atomic mass is 32.2. The monoisotopic (exact) mass is 402 g/mol. The smallest absolute Gasteiger partial charge is 0.334 e. The summed E-state index contributed by atoms with van der Waals surface area (Å²) in [4.78, 5) is 16.7. The normalized spacial score (nSPS) is 20.4. The number of carboxylic acids is 1. The Labute approximate surface area is 172 Å². The zero-order chi connectivity index (χ0) is 19.9. The van der Waals surface area contributed by atoms with Crippen molar-refractivity contribution in [2.75, 3.05) is 38.6 Å². The van der Waals surface area contributed by atoms with Gasteiger partial charge in [0.1, 0.15) is 11.2 Å². The zero-order valence-corrected chi connectivity index (χ0v) is 17.6. The van der Waals surface area contributed by atoms with Crippen LogP contribution in [0, 0.1) is 0 Å². The summed E-state index contributed by atoms with van der Waals surface area (Å²) < 4.78 is 5.53. The SMILES string of the molecule is CCSC1C(C(=O)O)=C(C)C=C(N2CCOCC2)N1CCCc1ccccc1. The lowest BCUT2D eigenvalue weighted by Crippen LogP contribution is -2.48. The summed E-state index contributed by atoms with van der Waals surface area (Å²) in [7, 11) is 0. The van der Waals surface area contributed by atoms with Crippen molar-refractivity contribution in [2.24, 2.45) is 0 Å². The molecule has 1 unspecified atom stereocenters. The highest BCUT2D eigenvalue weighted by molar-refractivity contribution is 8.00. The van der Waals surface area contributed by atoms with Gasteiger partial charge in [-0.15, -0.1) is 11.8 Å². The first-order valence-corrected chi connectivity index (χ1v) is 11.1. The maximum atomic E-state index is 12.0. The van der Waals surface area contributed by atoms with Gasteiger partial charge in [-0.2, -0.15) is 0 Å². The number of aliphatic carboxylic acids is 1. The van der Waals surface area contributed by atoms with E-state index in [0.717, 1.165) is 62.8 Å². The van der Waals surface area contributed by atoms with Gasteiger partial charge in [0, 0.05) is 19.6 Å². The molecule has 3 rings (SSSR count). The lowest BCUT2D eigenvalue weighted by molar-refractivity contribution is -0.133. The molecular formula is C22H30N2O3S. The summed E-state index contributed by atoms with van der Waals surface area (Å²) in [5, 5.41) is 9.71. The number of aryl methyl sites for hydroxylation is 1. The standard InChI is InChI=1S/C22H30N2O3S/c1-3-28-21-20(22(25)26)17(2)16-19(23-12-14-27-15-13-23)24(21)11-7-10-18-8-5-4-6-9-18/h4-6,8-9,16,21H,3,7,10-15H2,1-2H3,(H,25,26). The van der Waals surface area contributed by atoms with E-state index in [4.69, 9.17) is 4.74 Å². The van der Waals surface area contributed by atoms with Gasteiger partial charge in [0.05, 0.1) is 18.8 Å². The molecule has 0 saturated carbocycles. The van der Waals surface area contributed by atoms with Crippen LogP contribution >= 0.6 is 11.8 Å². The van der Waals surface area contributed by atoms with Gasteiger partial charge >= 0.3 is 5.97 Å². The van der Waals surface area contributed by atoms with Gasteiger partial charge in [-0.3, -0.25) is 0 Å². The first-order chi connectivity index (χ1) is 13.6. The number of rotatable bonds is 8. The van der Waals surface area contributed by atoms with E-state index in [0.29, 0.717) is 5.57 Å². The van der Waals surface area contributed by atoms with Crippen LogP contribution in [0.25, 0.3) is 0 Å². The van der Waals surface area contributed by atoms with Gasteiger partial charge in [-0.1, -0.05) is 37.3 Å². The van der Waals surface area contributed by atoms with Crippen molar-refractivity contribution in [3.05, 3.63) is 58.9 Å². The van der Waals surface area contributed by atoms with Crippen molar-refractivity contribution in [3.8, 4) is 0 Å². The summed E-state index contributed by atoms with van der Waals surface area (Å²) in [5.41, 5.74) is 2.70. The fraction of sp³-hybridized carbons (Fsp3) is 0.500. The molecule has 0 bridgehead atoms. The summed E-state index contributed by atoms with van der Waals surface area (Å²) in [6.45, 7) is 7.98. The Hall–Kier alpha value is -1.92. The van der Waals surface area contributed by atoms with Crippen molar-refractivity contribution in [2.45, 2.75) is 32.1 Å². The van der Waals surface area contributed by atoms with Gasteiger partial charge in [0.2, 0.25) is 0 Å². The molecule has 2 aliphatic heterocycles. The molecule has 1 fully saturated rings. The van der Waals surface area contributed by atoms with Crippen LogP contribution in [0.5, 0.6) is 0 Å². The molecule has 1 aromatic rings. The largest absolute Gasteiger partial charge is 0.478 e. The Bertz CT molecular complexity index is 727. The molecule has 2 aliphatic rings. The van der Waals surface area contributed by atoms with Gasteiger partial charge in [0.15, 0.2) is 0 Å². The number of nitrogens with zero attached hydrogens (tertiary/aromatic N) is 2. The Morgan fingerprint density at radius 2 is 1.96 bits per heavy atom. The van der Waals surface area contributed by atoms with Gasteiger partial charge in [0.25, 0.3) is 0 Å². The van der Waals surface area contributed by atoms with Crippen molar-refractivity contribution in [3.63, 3.8) is 0 Å². The number of allylic oxidation sites excluding steroid dienone is 2. The number of ether oxygens (including phenoxy) is 1. The summed E-state index contributed by atoms with van der Waals surface area (Å²) >= 11 is 1.70. The number of morpholine rings is 1. The number of carbonyl (C=O) groups is 1. The molecule has 1 N–H and O–H groups in total. The lowest BCUT2D eigenvalue weighted by Gasteiger charge is -2.44. The molecule has 1 aromatic carbocycles.